The maximum absolute atomic E-state index is 12.1. The summed E-state index contributed by atoms with van der Waals surface area (Å²) in [4.78, 5) is 17.1. The molecule has 2 aromatic rings. The van der Waals surface area contributed by atoms with E-state index >= 15 is 0 Å². The van der Waals surface area contributed by atoms with Gasteiger partial charge in [0, 0.05) is 23.3 Å². The fourth-order valence-electron chi connectivity index (χ4n) is 1.72. The van der Waals surface area contributed by atoms with Gasteiger partial charge in [-0.05, 0) is 18.6 Å². The molecule has 0 aliphatic rings. The second-order valence-electron chi connectivity index (χ2n) is 4.23. The van der Waals surface area contributed by atoms with Gasteiger partial charge in [-0.3, -0.25) is 4.79 Å². The molecule has 0 unspecified atom stereocenters. The molecule has 0 bridgehead atoms. The number of carbonyl (C=O) groups is 1. The van der Waals surface area contributed by atoms with Gasteiger partial charge in [0.1, 0.15) is 0 Å². The van der Waals surface area contributed by atoms with Gasteiger partial charge in [-0.1, -0.05) is 30.7 Å². The lowest BCUT2D eigenvalue weighted by atomic mass is 10.1. The van der Waals surface area contributed by atoms with Gasteiger partial charge in [0.15, 0.2) is 4.47 Å². The number of rotatable bonds is 6. The molecule has 6 heteroatoms. The van der Waals surface area contributed by atoms with E-state index in [1.54, 1.807) is 6.20 Å². The first-order valence-corrected chi connectivity index (χ1v) is 7.61. The van der Waals surface area contributed by atoms with Crippen molar-refractivity contribution in [3.8, 4) is 0 Å². The number of thiazole rings is 1. The predicted octanol–water partition coefficient (Wildman–Crippen LogP) is 3.55. The average molecular weight is 310 g/mol. The molecule has 1 aromatic heterocycles. The van der Waals surface area contributed by atoms with Crippen molar-refractivity contribution in [2.24, 2.45) is 0 Å². The first-order chi connectivity index (χ1) is 9.70. The van der Waals surface area contributed by atoms with Crippen molar-refractivity contribution in [2.75, 3.05) is 11.9 Å². The highest BCUT2D eigenvalue weighted by Crippen LogP contribution is 2.20. The van der Waals surface area contributed by atoms with Crippen molar-refractivity contribution in [3.63, 3.8) is 0 Å². The third kappa shape index (κ3) is 3.95. The van der Waals surface area contributed by atoms with E-state index in [0.29, 0.717) is 23.1 Å². The lowest BCUT2D eigenvalue weighted by Crippen LogP contribution is -2.24. The largest absolute Gasteiger partial charge is 0.379 e. The van der Waals surface area contributed by atoms with Crippen molar-refractivity contribution >= 4 is 34.5 Å². The van der Waals surface area contributed by atoms with Gasteiger partial charge in [-0.15, -0.1) is 11.3 Å². The summed E-state index contributed by atoms with van der Waals surface area (Å²) in [5, 5.41) is 6.13. The molecule has 4 nitrogen and oxygen atoms in total. The second-order valence-corrected chi connectivity index (χ2v) is 5.93. The monoisotopic (exact) mass is 309 g/mol. The number of amides is 1. The average Bonchev–Trinajstić information content (AvgIpc) is 2.88. The summed E-state index contributed by atoms with van der Waals surface area (Å²) in [6.07, 6.45) is 2.65. The molecule has 0 aliphatic heterocycles. The minimum atomic E-state index is -0.0581. The van der Waals surface area contributed by atoms with Crippen LogP contribution >= 0.6 is 22.9 Å². The fraction of sp³-hybridized carbons (Fsp3) is 0.286. The van der Waals surface area contributed by atoms with Crippen LogP contribution in [0.15, 0.2) is 30.5 Å². The molecule has 0 spiro atoms. The van der Waals surface area contributed by atoms with Crippen LogP contribution in [0.3, 0.4) is 0 Å². The number of carbonyl (C=O) groups excluding carboxylic acids is 1. The molecule has 2 rings (SSSR count). The molecule has 1 aromatic carbocycles. The standard InChI is InChI=1S/C14H16ClN3OS/c1-2-7-16-13(19)11-5-3-4-6-12(11)17-8-10-9-18-14(15)20-10/h3-6,9,17H,2,7-8H2,1H3,(H,16,19). The molecule has 2 N–H and O–H groups in total. The summed E-state index contributed by atoms with van der Waals surface area (Å²) < 4.78 is 0.524. The molecular weight excluding hydrogens is 294 g/mol. The van der Waals surface area contributed by atoms with E-state index in [4.69, 9.17) is 11.6 Å². The van der Waals surface area contributed by atoms with Gasteiger partial charge < -0.3 is 10.6 Å². The van der Waals surface area contributed by atoms with Crippen LogP contribution in [0, 0.1) is 0 Å². The van der Waals surface area contributed by atoms with Gasteiger partial charge in [0.05, 0.1) is 12.1 Å². The number of nitrogens with zero attached hydrogens (tertiary/aromatic N) is 1. The quantitative estimate of drug-likeness (QED) is 0.858. The second kappa shape index (κ2) is 7.26. The summed E-state index contributed by atoms with van der Waals surface area (Å²) in [6.45, 7) is 3.30. The van der Waals surface area contributed by atoms with Gasteiger partial charge >= 0.3 is 0 Å². The molecule has 0 radical (unpaired) electrons. The number of anilines is 1. The molecule has 106 valence electrons. The zero-order valence-corrected chi connectivity index (χ0v) is 12.7. The third-order valence-corrected chi connectivity index (χ3v) is 3.80. The molecule has 20 heavy (non-hydrogen) atoms. The molecule has 1 amide bonds. The van der Waals surface area contributed by atoms with E-state index in [-0.39, 0.29) is 5.91 Å². The lowest BCUT2D eigenvalue weighted by Gasteiger charge is -2.11. The maximum atomic E-state index is 12.1. The fourth-order valence-corrected chi connectivity index (χ4v) is 2.63. The van der Waals surface area contributed by atoms with E-state index in [9.17, 15) is 4.79 Å². The summed E-state index contributed by atoms with van der Waals surface area (Å²) in [5.41, 5.74) is 1.46. The van der Waals surface area contributed by atoms with Gasteiger partial charge in [-0.25, -0.2) is 4.98 Å². The van der Waals surface area contributed by atoms with Crippen molar-refractivity contribution in [3.05, 3.63) is 45.4 Å². The number of hydrogen-bond donors (Lipinski definition) is 2. The number of nitrogens with one attached hydrogen (secondary N) is 2. The Balaban J connectivity index is 2.05. The van der Waals surface area contributed by atoms with Crippen molar-refractivity contribution in [1.82, 2.24) is 10.3 Å². The zero-order valence-electron chi connectivity index (χ0n) is 11.1. The topological polar surface area (TPSA) is 54.0 Å². The maximum Gasteiger partial charge on any atom is 0.253 e. The van der Waals surface area contributed by atoms with Crippen LogP contribution in [0.1, 0.15) is 28.6 Å². The number of halogens is 1. The Bertz CT molecular complexity index is 585. The van der Waals surface area contributed by atoms with Crippen LogP contribution in [-0.2, 0) is 6.54 Å². The molecule has 0 atom stereocenters. The molecule has 0 fully saturated rings. The summed E-state index contributed by atoms with van der Waals surface area (Å²) in [6, 6.07) is 7.46. The Kier molecular flexibility index (Phi) is 5.38. The molecular formula is C14H16ClN3OS. The minimum Gasteiger partial charge on any atom is -0.379 e. The summed E-state index contributed by atoms with van der Waals surface area (Å²) >= 11 is 7.22. The number of para-hydroxylation sites is 1. The molecule has 1 heterocycles. The van der Waals surface area contributed by atoms with Crippen LogP contribution < -0.4 is 10.6 Å². The number of hydrogen-bond acceptors (Lipinski definition) is 4. The Morgan fingerprint density at radius 1 is 1.40 bits per heavy atom. The smallest absolute Gasteiger partial charge is 0.253 e. The van der Waals surface area contributed by atoms with Gasteiger partial charge in [-0.2, -0.15) is 0 Å². The van der Waals surface area contributed by atoms with Crippen LogP contribution in [0.5, 0.6) is 0 Å². The molecule has 0 aliphatic carbocycles. The van der Waals surface area contributed by atoms with Gasteiger partial charge in [0.25, 0.3) is 5.91 Å². The SMILES string of the molecule is CCCNC(=O)c1ccccc1NCc1cnc(Cl)s1. The highest BCUT2D eigenvalue weighted by molar-refractivity contribution is 7.15. The van der Waals surface area contributed by atoms with E-state index < -0.39 is 0 Å². The first-order valence-electron chi connectivity index (χ1n) is 6.42. The Morgan fingerprint density at radius 2 is 2.20 bits per heavy atom. The Hall–Kier alpha value is -1.59. The van der Waals surface area contributed by atoms with Crippen molar-refractivity contribution < 1.29 is 4.79 Å². The van der Waals surface area contributed by atoms with Crippen LogP contribution in [-0.4, -0.2) is 17.4 Å². The normalized spacial score (nSPS) is 10.3. The van der Waals surface area contributed by atoms with Crippen LogP contribution in [0.2, 0.25) is 4.47 Å². The highest BCUT2D eigenvalue weighted by atomic mass is 35.5. The van der Waals surface area contributed by atoms with Crippen molar-refractivity contribution in [1.29, 1.82) is 0 Å². The van der Waals surface area contributed by atoms with Crippen molar-refractivity contribution in [2.45, 2.75) is 19.9 Å². The third-order valence-electron chi connectivity index (χ3n) is 2.69. The van der Waals surface area contributed by atoms with E-state index in [0.717, 1.165) is 17.0 Å². The Morgan fingerprint density at radius 3 is 2.90 bits per heavy atom. The van der Waals surface area contributed by atoms with Crippen LogP contribution in [0.25, 0.3) is 0 Å². The lowest BCUT2D eigenvalue weighted by molar-refractivity contribution is 0.0954. The summed E-state index contributed by atoms with van der Waals surface area (Å²) in [5.74, 6) is -0.0581. The molecule has 0 saturated heterocycles. The number of aromatic nitrogens is 1. The minimum absolute atomic E-state index is 0.0581. The van der Waals surface area contributed by atoms with E-state index in [1.165, 1.54) is 11.3 Å². The molecule has 0 saturated carbocycles. The highest BCUT2D eigenvalue weighted by Gasteiger charge is 2.10. The first kappa shape index (κ1) is 14.8. The van der Waals surface area contributed by atoms with Gasteiger partial charge in [0.2, 0.25) is 0 Å². The Labute approximate surface area is 127 Å². The van der Waals surface area contributed by atoms with E-state index in [2.05, 4.69) is 15.6 Å². The predicted molar refractivity (Wildman–Crippen MR) is 83.5 cm³/mol. The summed E-state index contributed by atoms with van der Waals surface area (Å²) in [7, 11) is 0. The zero-order chi connectivity index (χ0) is 14.4. The van der Waals surface area contributed by atoms with Crippen LogP contribution in [0.4, 0.5) is 5.69 Å². The van der Waals surface area contributed by atoms with E-state index in [1.807, 2.05) is 31.2 Å². The number of benzene rings is 1.